The number of likely N-dealkylation sites (tertiary alicyclic amines) is 1. The van der Waals surface area contributed by atoms with E-state index in [0.29, 0.717) is 13.0 Å². The molecule has 22 heavy (non-hydrogen) atoms. The lowest BCUT2D eigenvalue weighted by molar-refractivity contribution is -0.143. The lowest BCUT2D eigenvalue weighted by atomic mass is 9.86. The number of nitrogens with two attached hydrogens (primary N) is 1. The van der Waals surface area contributed by atoms with Crippen LogP contribution in [0.25, 0.3) is 0 Å². The summed E-state index contributed by atoms with van der Waals surface area (Å²) < 4.78 is 5.36. The van der Waals surface area contributed by atoms with E-state index in [1.807, 2.05) is 13.8 Å². The molecule has 0 bridgehead atoms. The molecule has 1 saturated carbocycles. The molecule has 2 aliphatic rings. The van der Waals surface area contributed by atoms with Crippen molar-refractivity contribution in [3.05, 3.63) is 0 Å². The molecule has 0 aromatic rings. The van der Waals surface area contributed by atoms with Gasteiger partial charge >= 0.3 is 0 Å². The van der Waals surface area contributed by atoms with Gasteiger partial charge in [-0.1, -0.05) is 0 Å². The van der Waals surface area contributed by atoms with E-state index in [9.17, 15) is 9.59 Å². The Morgan fingerprint density at radius 1 is 1.23 bits per heavy atom. The Kier molecular flexibility index (Phi) is 5.81. The quantitative estimate of drug-likeness (QED) is 0.798. The van der Waals surface area contributed by atoms with Gasteiger partial charge in [0, 0.05) is 31.7 Å². The summed E-state index contributed by atoms with van der Waals surface area (Å²) in [6.45, 7) is 4.33. The average Bonchev–Trinajstić information content (AvgIpc) is 2.88. The summed E-state index contributed by atoms with van der Waals surface area (Å²) >= 11 is 0. The zero-order chi connectivity index (χ0) is 16.3. The molecular weight excluding hydrogens is 282 g/mol. The predicted molar refractivity (Wildman–Crippen MR) is 84.1 cm³/mol. The first-order chi connectivity index (χ1) is 10.4. The van der Waals surface area contributed by atoms with Crippen LogP contribution in [0.2, 0.25) is 0 Å². The van der Waals surface area contributed by atoms with Gasteiger partial charge in [-0.3, -0.25) is 9.59 Å². The minimum atomic E-state index is -0.412. The first-order valence-corrected chi connectivity index (χ1v) is 8.31. The van der Waals surface area contributed by atoms with Crippen molar-refractivity contribution in [3.8, 4) is 0 Å². The van der Waals surface area contributed by atoms with Gasteiger partial charge in [0.05, 0.1) is 6.10 Å². The third-order valence-electron chi connectivity index (χ3n) is 4.71. The molecule has 1 heterocycles. The van der Waals surface area contributed by atoms with E-state index in [1.165, 1.54) is 0 Å². The highest BCUT2D eigenvalue weighted by Gasteiger charge is 2.41. The molecule has 3 N–H and O–H groups in total. The van der Waals surface area contributed by atoms with Gasteiger partial charge in [0.2, 0.25) is 11.8 Å². The Labute approximate surface area is 132 Å². The maximum Gasteiger partial charge on any atom is 0.243 e. The largest absolute Gasteiger partial charge is 0.381 e. The van der Waals surface area contributed by atoms with Crippen LogP contribution in [-0.4, -0.2) is 54.6 Å². The minimum Gasteiger partial charge on any atom is -0.381 e. The van der Waals surface area contributed by atoms with Crippen molar-refractivity contribution in [1.82, 2.24) is 10.2 Å². The van der Waals surface area contributed by atoms with Gasteiger partial charge in [-0.25, -0.2) is 0 Å². The summed E-state index contributed by atoms with van der Waals surface area (Å²) in [6.07, 6.45) is 4.32. The fraction of sp³-hybridized carbons (Fsp3) is 0.875. The van der Waals surface area contributed by atoms with Crippen LogP contribution in [0.5, 0.6) is 0 Å². The number of carbonyl (C=O) groups is 2. The molecule has 6 nitrogen and oxygen atoms in total. The zero-order valence-corrected chi connectivity index (χ0v) is 13.9. The molecule has 1 saturated heterocycles. The molecule has 2 amide bonds. The Morgan fingerprint density at radius 3 is 2.41 bits per heavy atom. The standard InChI is InChI=1S/C16H29N3O3/c1-10(2)18-15(20)14-8-12(17)9-19(14)16(21)11-4-6-13(22-3)7-5-11/h10-14H,4-9,17H2,1-3H3,(H,18,20)/t11?,12-,13?,14-/m0/s1. The number of amides is 2. The van der Waals surface area contributed by atoms with Crippen molar-refractivity contribution in [2.45, 2.75) is 70.2 Å². The second-order valence-electron chi connectivity index (χ2n) is 6.87. The Balaban J connectivity index is 1.99. The van der Waals surface area contributed by atoms with E-state index in [0.717, 1.165) is 25.7 Å². The molecular formula is C16H29N3O3. The van der Waals surface area contributed by atoms with E-state index >= 15 is 0 Å². The zero-order valence-electron chi connectivity index (χ0n) is 13.9. The van der Waals surface area contributed by atoms with Gasteiger partial charge < -0.3 is 20.7 Å². The first kappa shape index (κ1) is 17.2. The highest BCUT2D eigenvalue weighted by molar-refractivity contribution is 5.89. The van der Waals surface area contributed by atoms with E-state index in [2.05, 4.69) is 5.32 Å². The molecule has 2 fully saturated rings. The highest BCUT2D eigenvalue weighted by Crippen LogP contribution is 2.30. The number of carbonyl (C=O) groups excluding carboxylic acids is 2. The van der Waals surface area contributed by atoms with E-state index in [4.69, 9.17) is 10.5 Å². The number of hydrogen-bond acceptors (Lipinski definition) is 4. The van der Waals surface area contributed by atoms with Gasteiger partial charge in [0.15, 0.2) is 0 Å². The number of nitrogens with zero attached hydrogens (tertiary/aromatic N) is 1. The Bertz CT molecular complexity index is 405. The highest BCUT2D eigenvalue weighted by atomic mass is 16.5. The molecule has 6 heteroatoms. The average molecular weight is 311 g/mol. The fourth-order valence-electron chi connectivity index (χ4n) is 3.52. The normalized spacial score (nSPS) is 32.3. The van der Waals surface area contributed by atoms with Gasteiger partial charge in [0.1, 0.15) is 6.04 Å². The molecule has 0 aromatic carbocycles. The van der Waals surface area contributed by atoms with Crippen LogP contribution >= 0.6 is 0 Å². The second-order valence-corrected chi connectivity index (χ2v) is 6.87. The van der Waals surface area contributed by atoms with Crippen molar-refractivity contribution in [1.29, 1.82) is 0 Å². The van der Waals surface area contributed by atoms with Crippen molar-refractivity contribution < 1.29 is 14.3 Å². The number of rotatable bonds is 4. The first-order valence-electron chi connectivity index (χ1n) is 8.31. The maximum atomic E-state index is 12.8. The Hall–Kier alpha value is -1.14. The number of nitrogens with one attached hydrogen (secondary N) is 1. The topological polar surface area (TPSA) is 84.7 Å². The van der Waals surface area contributed by atoms with E-state index in [1.54, 1.807) is 12.0 Å². The number of hydrogen-bond donors (Lipinski definition) is 2. The molecule has 2 atom stereocenters. The molecule has 0 aromatic heterocycles. The van der Waals surface area contributed by atoms with Crippen LogP contribution in [0.4, 0.5) is 0 Å². The van der Waals surface area contributed by atoms with Gasteiger partial charge in [-0.2, -0.15) is 0 Å². The summed E-state index contributed by atoms with van der Waals surface area (Å²) in [4.78, 5) is 26.8. The maximum absolute atomic E-state index is 12.8. The van der Waals surface area contributed by atoms with Crippen molar-refractivity contribution >= 4 is 11.8 Å². The van der Waals surface area contributed by atoms with Crippen LogP contribution in [0, 0.1) is 5.92 Å². The third-order valence-corrected chi connectivity index (χ3v) is 4.71. The van der Waals surface area contributed by atoms with Crippen LogP contribution in [0.3, 0.4) is 0 Å². The predicted octanol–water partition coefficient (Wildman–Crippen LogP) is 0.644. The molecule has 2 rings (SSSR count). The van der Waals surface area contributed by atoms with Crippen molar-refractivity contribution in [2.24, 2.45) is 11.7 Å². The SMILES string of the molecule is COC1CCC(C(=O)N2C[C@@H](N)C[C@H]2C(=O)NC(C)C)CC1. The van der Waals surface area contributed by atoms with E-state index in [-0.39, 0.29) is 35.9 Å². The number of ether oxygens (including phenoxy) is 1. The van der Waals surface area contributed by atoms with Crippen LogP contribution < -0.4 is 11.1 Å². The summed E-state index contributed by atoms with van der Waals surface area (Å²) in [5.74, 6) is 0.0133. The smallest absolute Gasteiger partial charge is 0.243 e. The number of methoxy groups -OCH3 is 1. The van der Waals surface area contributed by atoms with Crippen molar-refractivity contribution in [2.75, 3.05) is 13.7 Å². The molecule has 1 aliphatic heterocycles. The molecule has 1 aliphatic carbocycles. The lowest BCUT2D eigenvalue weighted by Gasteiger charge is -2.32. The summed E-state index contributed by atoms with van der Waals surface area (Å²) in [7, 11) is 1.72. The summed E-state index contributed by atoms with van der Waals surface area (Å²) in [5, 5.41) is 2.90. The van der Waals surface area contributed by atoms with Crippen LogP contribution in [-0.2, 0) is 14.3 Å². The molecule has 0 radical (unpaired) electrons. The van der Waals surface area contributed by atoms with E-state index < -0.39 is 6.04 Å². The minimum absolute atomic E-state index is 0.00560. The monoisotopic (exact) mass is 311 g/mol. The van der Waals surface area contributed by atoms with Crippen LogP contribution in [0.1, 0.15) is 46.0 Å². The Morgan fingerprint density at radius 2 is 1.86 bits per heavy atom. The summed E-state index contributed by atoms with van der Waals surface area (Å²) in [6, 6.07) is -0.453. The third kappa shape index (κ3) is 3.98. The molecule has 0 unspecified atom stereocenters. The molecule has 126 valence electrons. The van der Waals surface area contributed by atoms with Gasteiger partial charge in [-0.15, -0.1) is 0 Å². The fourth-order valence-corrected chi connectivity index (χ4v) is 3.52. The second kappa shape index (κ2) is 7.42. The molecule has 0 spiro atoms. The lowest BCUT2D eigenvalue weighted by Crippen LogP contribution is -2.49. The van der Waals surface area contributed by atoms with Crippen molar-refractivity contribution in [3.63, 3.8) is 0 Å². The summed E-state index contributed by atoms with van der Waals surface area (Å²) in [5.41, 5.74) is 6.00. The van der Waals surface area contributed by atoms with Gasteiger partial charge in [0.25, 0.3) is 0 Å². The van der Waals surface area contributed by atoms with Crippen LogP contribution in [0.15, 0.2) is 0 Å². The van der Waals surface area contributed by atoms with Gasteiger partial charge in [-0.05, 0) is 46.0 Å².